The molecule has 0 saturated carbocycles. The maximum absolute atomic E-state index is 12.5. The average Bonchev–Trinajstić information content (AvgIpc) is 3.07. The first kappa shape index (κ1) is 22.8. The predicted molar refractivity (Wildman–Crippen MR) is 127 cm³/mol. The van der Waals surface area contributed by atoms with Gasteiger partial charge in [-0.25, -0.2) is 0 Å². The highest BCUT2D eigenvalue weighted by Gasteiger charge is 2.52. The zero-order valence-electron chi connectivity index (χ0n) is 20.2. The lowest BCUT2D eigenvalue weighted by Gasteiger charge is -2.56. The quantitative estimate of drug-likeness (QED) is 0.475. The molecular weight excluding hydrogens is 402 g/mol. The monoisotopic (exact) mass is 439 g/mol. The fraction of sp³-hybridized carbons (Fsp3) is 0.600. The summed E-state index contributed by atoms with van der Waals surface area (Å²) in [4.78, 5) is 32.3. The zero-order chi connectivity index (χ0) is 23.2. The lowest BCUT2D eigenvalue weighted by Crippen LogP contribution is -2.62. The Morgan fingerprint density at radius 3 is 2.81 bits per heavy atom. The Hall–Kier alpha value is -2.38. The molecule has 1 aromatic carbocycles. The van der Waals surface area contributed by atoms with Crippen molar-refractivity contribution in [1.82, 2.24) is 25.4 Å². The molecule has 7 nitrogen and oxygen atoms in total. The summed E-state index contributed by atoms with van der Waals surface area (Å²) >= 11 is 0. The summed E-state index contributed by atoms with van der Waals surface area (Å²) in [5.74, 6) is 0.328. The summed E-state index contributed by atoms with van der Waals surface area (Å²) in [5.41, 5.74) is 5.37. The third-order valence-electron chi connectivity index (χ3n) is 8.21. The highest BCUT2D eigenvalue weighted by molar-refractivity contribution is 5.96. The summed E-state index contributed by atoms with van der Waals surface area (Å²) in [7, 11) is 5.70. The molecule has 2 aromatic rings. The third-order valence-corrected chi connectivity index (χ3v) is 8.21. The van der Waals surface area contributed by atoms with E-state index in [1.54, 1.807) is 14.1 Å². The van der Waals surface area contributed by atoms with Crippen LogP contribution in [0.2, 0.25) is 0 Å². The molecule has 4 atom stereocenters. The van der Waals surface area contributed by atoms with Gasteiger partial charge in [0.25, 0.3) is 0 Å². The smallest absolute Gasteiger partial charge is 0.232 e. The Balaban J connectivity index is 1.53. The molecule has 7 heteroatoms. The van der Waals surface area contributed by atoms with Crippen molar-refractivity contribution >= 4 is 22.7 Å². The molecule has 2 heterocycles. The van der Waals surface area contributed by atoms with Crippen molar-refractivity contribution in [2.24, 2.45) is 11.8 Å². The van der Waals surface area contributed by atoms with Crippen molar-refractivity contribution in [3.05, 3.63) is 35.0 Å². The molecule has 4 unspecified atom stereocenters. The predicted octanol–water partition coefficient (Wildman–Crippen LogP) is 2.00. The van der Waals surface area contributed by atoms with Crippen LogP contribution in [0.25, 0.3) is 10.9 Å². The number of carbonyl (C=O) groups is 2. The minimum Gasteiger partial charge on any atom is -0.358 e. The van der Waals surface area contributed by atoms with Crippen LogP contribution in [0.4, 0.5) is 0 Å². The number of aromatic nitrogens is 1. The van der Waals surface area contributed by atoms with E-state index >= 15 is 0 Å². The van der Waals surface area contributed by atoms with Gasteiger partial charge >= 0.3 is 0 Å². The van der Waals surface area contributed by atoms with Gasteiger partial charge in [-0.3, -0.25) is 9.59 Å². The van der Waals surface area contributed by atoms with Gasteiger partial charge in [-0.05, 0) is 56.5 Å². The van der Waals surface area contributed by atoms with Crippen LogP contribution in [0.5, 0.6) is 0 Å². The van der Waals surface area contributed by atoms with E-state index in [2.05, 4.69) is 66.5 Å². The van der Waals surface area contributed by atoms with Crippen LogP contribution in [0.3, 0.4) is 0 Å². The zero-order valence-corrected chi connectivity index (χ0v) is 20.2. The van der Waals surface area contributed by atoms with E-state index in [1.165, 1.54) is 32.6 Å². The van der Waals surface area contributed by atoms with E-state index in [9.17, 15) is 9.59 Å². The number of likely N-dealkylation sites (N-methyl/N-ethyl adjacent to an activating group) is 1. The number of fused-ring (bicyclic) bond motifs is 2. The standard InChI is InChI=1S/C25H37N5O2/c1-15-17(12-27-22(31)11-23(32)30(6)14-26-4)13-29(5)21-10-18-16(2)28-20-9-7-8-19(24(18)20)25(15,21)3/h7-9,15,17,21,26,28H,10-14H2,1-6H3,(H,27,31). The van der Waals surface area contributed by atoms with Crippen LogP contribution in [-0.2, 0) is 21.4 Å². The van der Waals surface area contributed by atoms with Gasteiger partial charge in [0.2, 0.25) is 11.8 Å². The Bertz CT molecular complexity index is 1030. The van der Waals surface area contributed by atoms with Gasteiger partial charge in [-0.1, -0.05) is 26.0 Å². The minimum atomic E-state index is -0.200. The number of rotatable bonds is 6. The largest absolute Gasteiger partial charge is 0.358 e. The van der Waals surface area contributed by atoms with Crippen LogP contribution in [0.15, 0.2) is 18.2 Å². The molecule has 3 N–H and O–H groups in total. The molecule has 2 amide bonds. The van der Waals surface area contributed by atoms with Crippen LogP contribution in [0.1, 0.15) is 37.1 Å². The molecule has 0 radical (unpaired) electrons. The Kier molecular flexibility index (Phi) is 6.07. The van der Waals surface area contributed by atoms with E-state index < -0.39 is 0 Å². The normalized spacial score (nSPS) is 27.2. The van der Waals surface area contributed by atoms with E-state index in [-0.39, 0.29) is 23.7 Å². The van der Waals surface area contributed by atoms with Gasteiger partial charge in [0.05, 0.1) is 6.67 Å². The van der Waals surface area contributed by atoms with E-state index in [1.807, 2.05) is 0 Å². The molecule has 0 spiro atoms. The molecule has 174 valence electrons. The minimum absolute atomic E-state index is 0.00757. The second-order valence-electron chi connectivity index (χ2n) is 10.0. The Morgan fingerprint density at radius 2 is 2.09 bits per heavy atom. The van der Waals surface area contributed by atoms with Crippen LogP contribution >= 0.6 is 0 Å². The number of H-pyrrole nitrogens is 1. The highest BCUT2D eigenvalue weighted by atomic mass is 16.2. The number of nitrogens with zero attached hydrogens (tertiary/aromatic N) is 2. The fourth-order valence-corrected chi connectivity index (χ4v) is 6.19. The summed E-state index contributed by atoms with van der Waals surface area (Å²) < 4.78 is 0. The topological polar surface area (TPSA) is 80.5 Å². The number of piperidine rings is 1. The molecule has 1 aliphatic carbocycles. The Morgan fingerprint density at radius 1 is 1.34 bits per heavy atom. The first-order valence-corrected chi connectivity index (χ1v) is 11.6. The van der Waals surface area contributed by atoms with Gasteiger partial charge < -0.3 is 25.4 Å². The molecule has 1 saturated heterocycles. The van der Waals surface area contributed by atoms with Gasteiger partial charge in [-0.2, -0.15) is 0 Å². The van der Waals surface area contributed by atoms with Crippen LogP contribution < -0.4 is 10.6 Å². The number of hydrogen-bond acceptors (Lipinski definition) is 4. The molecular formula is C25H37N5O2. The fourth-order valence-electron chi connectivity index (χ4n) is 6.19. The summed E-state index contributed by atoms with van der Waals surface area (Å²) in [6, 6.07) is 7.06. The molecule has 0 bridgehead atoms. The highest BCUT2D eigenvalue weighted by Crippen LogP contribution is 2.51. The number of aromatic amines is 1. The second-order valence-corrected chi connectivity index (χ2v) is 10.0. The van der Waals surface area contributed by atoms with Crippen molar-refractivity contribution in [3.63, 3.8) is 0 Å². The van der Waals surface area contributed by atoms with Crippen molar-refractivity contribution < 1.29 is 9.59 Å². The Labute approximate surface area is 190 Å². The molecule has 1 aromatic heterocycles. The summed E-state index contributed by atoms with van der Waals surface area (Å²) in [6.45, 7) is 8.88. The number of nitrogens with one attached hydrogen (secondary N) is 3. The number of aryl methyl sites for hydroxylation is 1. The molecule has 4 rings (SSSR count). The van der Waals surface area contributed by atoms with Gasteiger partial charge in [0.1, 0.15) is 6.42 Å². The van der Waals surface area contributed by atoms with Crippen molar-refractivity contribution in [3.8, 4) is 0 Å². The molecule has 32 heavy (non-hydrogen) atoms. The van der Waals surface area contributed by atoms with Crippen molar-refractivity contribution in [1.29, 1.82) is 0 Å². The lowest BCUT2D eigenvalue weighted by molar-refractivity contribution is -0.135. The average molecular weight is 440 g/mol. The van der Waals surface area contributed by atoms with Gasteiger partial charge in [-0.15, -0.1) is 0 Å². The van der Waals surface area contributed by atoms with E-state index in [4.69, 9.17) is 0 Å². The van der Waals surface area contributed by atoms with Crippen molar-refractivity contribution in [2.45, 2.75) is 45.1 Å². The SMILES string of the molecule is CNCN(C)C(=O)CC(=O)NCC1CN(C)C2Cc3c(C)[nH]c4cccc(c34)C2(C)C1C. The third kappa shape index (κ3) is 3.61. The van der Waals surface area contributed by atoms with Gasteiger partial charge in [0.15, 0.2) is 0 Å². The molecule has 2 aliphatic rings. The number of carbonyl (C=O) groups excluding carboxylic acids is 2. The maximum atomic E-state index is 12.5. The van der Waals surface area contributed by atoms with Crippen LogP contribution in [0, 0.1) is 18.8 Å². The van der Waals surface area contributed by atoms with Crippen molar-refractivity contribution in [2.75, 3.05) is 40.9 Å². The number of likely N-dealkylation sites (tertiary alicyclic amines) is 1. The number of amides is 2. The number of hydrogen-bond donors (Lipinski definition) is 3. The summed E-state index contributed by atoms with van der Waals surface area (Å²) in [5, 5.41) is 7.38. The molecule has 1 fully saturated rings. The number of benzene rings is 1. The molecule has 1 aliphatic heterocycles. The first-order chi connectivity index (χ1) is 15.2. The first-order valence-electron chi connectivity index (χ1n) is 11.6. The van der Waals surface area contributed by atoms with E-state index in [0.717, 1.165) is 13.0 Å². The maximum Gasteiger partial charge on any atom is 0.232 e. The van der Waals surface area contributed by atoms with E-state index in [0.29, 0.717) is 31.1 Å². The lowest BCUT2D eigenvalue weighted by atomic mass is 9.56. The second kappa shape index (κ2) is 8.52. The summed E-state index contributed by atoms with van der Waals surface area (Å²) in [6.07, 6.45) is 0.936. The van der Waals surface area contributed by atoms with Crippen LogP contribution in [-0.4, -0.2) is 73.5 Å². The van der Waals surface area contributed by atoms with Gasteiger partial charge in [0, 0.05) is 48.2 Å².